The molecule has 17 heavy (non-hydrogen) atoms. The largest absolute Gasteiger partial charge is 0.306 e. The van der Waals surface area contributed by atoms with Crippen LogP contribution in [0.25, 0.3) is 15.9 Å². The normalized spacial score (nSPS) is 10.9. The Morgan fingerprint density at radius 2 is 2.12 bits per heavy atom. The molecule has 0 fully saturated rings. The molecule has 0 spiro atoms. The van der Waals surface area contributed by atoms with Crippen molar-refractivity contribution >= 4 is 28.2 Å². The minimum absolute atomic E-state index is 0.0875. The number of aromatic nitrogens is 2. The third kappa shape index (κ3) is 1.57. The number of nitrogens with zero attached hydrogens (tertiary/aromatic N) is 2. The molecule has 84 valence electrons. The van der Waals surface area contributed by atoms with Crippen molar-refractivity contribution in [1.29, 1.82) is 0 Å². The number of Topliss-reactive ketones (excluding diaryl/α,β-unsaturated/α-hetero) is 1. The SMILES string of the molecule is CC(=O)c1cn(-c2ccns2)c2ccccc12. The summed E-state index contributed by atoms with van der Waals surface area (Å²) in [6.45, 7) is 1.60. The lowest BCUT2D eigenvalue weighted by Crippen LogP contribution is -1.90. The standard InChI is InChI=1S/C13H10N2OS/c1-9(16)11-8-15(13-6-7-14-17-13)12-5-3-2-4-10(11)12/h2-8H,1H3. The van der Waals surface area contributed by atoms with Gasteiger partial charge in [0, 0.05) is 23.3 Å². The molecule has 0 aliphatic heterocycles. The van der Waals surface area contributed by atoms with E-state index in [1.807, 2.05) is 41.1 Å². The van der Waals surface area contributed by atoms with Gasteiger partial charge in [0.15, 0.2) is 5.78 Å². The number of fused-ring (bicyclic) bond motifs is 1. The van der Waals surface area contributed by atoms with Crippen LogP contribution in [0.2, 0.25) is 0 Å². The van der Waals surface area contributed by atoms with Crippen molar-refractivity contribution in [3.05, 3.63) is 48.3 Å². The van der Waals surface area contributed by atoms with Gasteiger partial charge in [-0.15, -0.1) is 0 Å². The monoisotopic (exact) mass is 242 g/mol. The van der Waals surface area contributed by atoms with E-state index in [1.165, 1.54) is 11.5 Å². The van der Waals surface area contributed by atoms with Gasteiger partial charge in [-0.2, -0.15) is 4.37 Å². The average Bonchev–Trinajstić information content (AvgIpc) is 2.95. The Balaban J connectivity index is 2.37. The molecular formula is C13H10N2OS. The van der Waals surface area contributed by atoms with Crippen LogP contribution in [0.4, 0.5) is 0 Å². The molecule has 0 atom stereocenters. The summed E-state index contributed by atoms with van der Waals surface area (Å²) in [7, 11) is 0. The molecular weight excluding hydrogens is 232 g/mol. The molecule has 2 aromatic heterocycles. The Kier molecular flexibility index (Phi) is 2.30. The van der Waals surface area contributed by atoms with Gasteiger partial charge in [0.05, 0.1) is 5.52 Å². The van der Waals surface area contributed by atoms with E-state index in [4.69, 9.17) is 0 Å². The summed E-state index contributed by atoms with van der Waals surface area (Å²) >= 11 is 1.42. The number of carbonyl (C=O) groups excluding carboxylic acids is 1. The number of hydrogen-bond acceptors (Lipinski definition) is 3. The van der Waals surface area contributed by atoms with Crippen LogP contribution in [0.5, 0.6) is 0 Å². The number of ketones is 1. The van der Waals surface area contributed by atoms with E-state index < -0.39 is 0 Å². The zero-order valence-corrected chi connectivity index (χ0v) is 10.1. The fourth-order valence-corrected chi connectivity index (χ4v) is 2.57. The van der Waals surface area contributed by atoms with Crippen LogP contribution in [0.3, 0.4) is 0 Å². The summed E-state index contributed by atoms with van der Waals surface area (Å²) in [6.07, 6.45) is 3.66. The van der Waals surface area contributed by atoms with Gasteiger partial charge < -0.3 is 4.57 Å². The smallest absolute Gasteiger partial charge is 0.161 e. The highest BCUT2D eigenvalue weighted by Crippen LogP contribution is 2.26. The first kappa shape index (κ1) is 10.2. The van der Waals surface area contributed by atoms with Crippen molar-refractivity contribution in [3.63, 3.8) is 0 Å². The third-order valence-electron chi connectivity index (χ3n) is 2.75. The maximum absolute atomic E-state index is 11.6. The van der Waals surface area contributed by atoms with Gasteiger partial charge in [0.25, 0.3) is 0 Å². The Hall–Kier alpha value is -1.94. The molecule has 0 unspecified atom stereocenters. The molecule has 3 rings (SSSR count). The molecule has 3 aromatic rings. The summed E-state index contributed by atoms with van der Waals surface area (Å²) in [6, 6.07) is 9.86. The zero-order chi connectivity index (χ0) is 11.8. The van der Waals surface area contributed by atoms with E-state index in [0.29, 0.717) is 0 Å². The van der Waals surface area contributed by atoms with Crippen molar-refractivity contribution < 1.29 is 4.79 Å². The minimum atomic E-state index is 0.0875. The van der Waals surface area contributed by atoms with Gasteiger partial charge in [-0.1, -0.05) is 18.2 Å². The first-order valence-corrected chi connectivity index (χ1v) is 6.07. The quantitative estimate of drug-likeness (QED) is 0.646. The van der Waals surface area contributed by atoms with Crippen LogP contribution in [0, 0.1) is 0 Å². The Morgan fingerprint density at radius 1 is 1.29 bits per heavy atom. The van der Waals surface area contributed by atoms with E-state index in [-0.39, 0.29) is 5.78 Å². The summed E-state index contributed by atoms with van der Waals surface area (Å²) in [4.78, 5) is 11.6. The second-order valence-corrected chi connectivity index (χ2v) is 4.65. The molecule has 0 aliphatic carbocycles. The number of para-hydroxylation sites is 1. The molecule has 0 saturated carbocycles. The van der Waals surface area contributed by atoms with Crippen molar-refractivity contribution in [1.82, 2.24) is 8.94 Å². The Morgan fingerprint density at radius 3 is 2.82 bits per heavy atom. The number of benzene rings is 1. The van der Waals surface area contributed by atoms with Gasteiger partial charge in [-0.3, -0.25) is 4.79 Å². The Bertz CT molecular complexity index is 683. The second kappa shape index (κ2) is 3.82. The van der Waals surface area contributed by atoms with E-state index >= 15 is 0 Å². The maximum Gasteiger partial charge on any atom is 0.161 e. The molecule has 3 nitrogen and oxygen atoms in total. The van der Waals surface area contributed by atoms with Crippen molar-refractivity contribution in [2.24, 2.45) is 0 Å². The topological polar surface area (TPSA) is 34.9 Å². The van der Waals surface area contributed by atoms with Crippen molar-refractivity contribution in [2.45, 2.75) is 6.92 Å². The average molecular weight is 242 g/mol. The predicted molar refractivity (Wildman–Crippen MR) is 69.0 cm³/mol. The maximum atomic E-state index is 11.6. The van der Waals surface area contributed by atoms with Crippen LogP contribution < -0.4 is 0 Å². The lowest BCUT2D eigenvalue weighted by Gasteiger charge is -1.99. The summed E-state index contributed by atoms with van der Waals surface area (Å²) < 4.78 is 6.11. The van der Waals surface area contributed by atoms with Crippen molar-refractivity contribution in [2.75, 3.05) is 0 Å². The first-order valence-electron chi connectivity index (χ1n) is 5.29. The van der Waals surface area contributed by atoms with Crippen molar-refractivity contribution in [3.8, 4) is 5.00 Å². The molecule has 0 saturated heterocycles. The summed E-state index contributed by atoms with van der Waals surface area (Å²) in [5, 5.41) is 2.02. The minimum Gasteiger partial charge on any atom is -0.306 e. The second-order valence-electron chi connectivity index (χ2n) is 3.84. The fourth-order valence-electron chi connectivity index (χ4n) is 1.98. The lowest BCUT2D eigenvalue weighted by atomic mass is 10.1. The Labute approximate surface area is 102 Å². The predicted octanol–water partition coefficient (Wildman–Crippen LogP) is 3.29. The van der Waals surface area contributed by atoms with Gasteiger partial charge >= 0.3 is 0 Å². The zero-order valence-electron chi connectivity index (χ0n) is 9.25. The molecule has 4 heteroatoms. The van der Waals surface area contributed by atoms with Gasteiger partial charge in [-0.05, 0) is 30.6 Å². The lowest BCUT2D eigenvalue weighted by molar-refractivity contribution is 0.101. The van der Waals surface area contributed by atoms with Crippen LogP contribution >= 0.6 is 11.5 Å². The van der Waals surface area contributed by atoms with E-state index in [2.05, 4.69) is 4.37 Å². The molecule has 0 aliphatic rings. The highest BCUT2D eigenvalue weighted by Gasteiger charge is 2.12. The van der Waals surface area contributed by atoms with Crippen LogP contribution in [0.15, 0.2) is 42.7 Å². The number of carbonyl (C=O) groups is 1. The van der Waals surface area contributed by atoms with E-state index in [0.717, 1.165) is 21.5 Å². The van der Waals surface area contributed by atoms with Crippen LogP contribution in [0.1, 0.15) is 17.3 Å². The third-order valence-corrected chi connectivity index (χ3v) is 3.50. The molecule has 0 radical (unpaired) electrons. The fraction of sp³-hybridized carbons (Fsp3) is 0.0769. The number of rotatable bonds is 2. The van der Waals surface area contributed by atoms with Crippen LogP contribution in [-0.2, 0) is 0 Å². The summed E-state index contributed by atoms with van der Waals surface area (Å²) in [5.74, 6) is 0.0875. The van der Waals surface area contributed by atoms with Gasteiger partial charge in [-0.25, -0.2) is 0 Å². The molecule has 0 amide bonds. The van der Waals surface area contributed by atoms with Gasteiger partial charge in [0.1, 0.15) is 5.00 Å². The molecule has 0 N–H and O–H groups in total. The van der Waals surface area contributed by atoms with E-state index in [1.54, 1.807) is 13.1 Å². The molecule has 2 heterocycles. The first-order chi connectivity index (χ1) is 8.27. The summed E-state index contributed by atoms with van der Waals surface area (Å²) in [5.41, 5.74) is 1.80. The van der Waals surface area contributed by atoms with E-state index in [9.17, 15) is 4.79 Å². The van der Waals surface area contributed by atoms with Gasteiger partial charge in [0.2, 0.25) is 0 Å². The van der Waals surface area contributed by atoms with Crippen LogP contribution in [-0.4, -0.2) is 14.7 Å². The molecule has 1 aromatic carbocycles. The highest BCUT2D eigenvalue weighted by molar-refractivity contribution is 7.08. The highest BCUT2D eigenvalue weighted by atomic mass is 32.1. The molecule has 0 bridgehead atoms. The number of hydrogen-bond donors (Lipinski definition) is 0.